The highest BCUT2D eigenvalue weighted by molar-refractivity contribution is 6.08. The van der Waals surface area contributed by atoms with E-state index in [-0.39, 0.29) is 29.4 Å². The molecule has 3 atom stereocenters. The zero-order chi connectivity index (χ0) is 25.7. The number of nitrogens with one attached hydrogen (secondary N) is 1. The van der Waals surface area contributed by atoms with E-state index in [0.717, 1.165) is 50.9 Å². The van der Waals surface area contributed by atoms with Crippen molar-refractivity contribution in [2.24, 2.45) is 11.8 Å². The zero-order valence-corrected chi connectivity index (χ0v) is 21.2. The van der Waals surface area contributed by atoms with Crippen molar-refractivity contribution in [2.45, 2.75) is 77.0 Å². The van der Waals surface area contributed by atoms with E-state index in [1.165, 1.54) is 10.7 Å². The minimum absolute atomic E-state index is 0.0357. The summed E-state index contributed by atoms with van der Waals surface area (Å²) in [4.78, 5) is 20.1. The maximum Gasteiger partial charge on any atom is 0.284 e. The first-order valence-electron chi connectivity index (χ1n) is 13.3. The van der Waals surface area contributed by atoms with Gasteiger partial charge < -0.3 is 15.0 Å². The van der Waals surface area contributed by atoms with Gasteiger partial charge in [0.25, 0.3) is 12.3 Å². The average molecular weight is 514 g/mol. The number of hydrogen-bond donors (Lipinski definition) is 1. The van der Waals surface area contributed by atoms with Crippen molar-refractivity contribution in [1.29, 1.82) is 0 Å². The van der Waals surface area contributed by atoms with Gasteiger partial charge in [-0.2, -0.15) is 10.2 Å². The third kappa shape index (κ3) is 4.47. The number of amides is 1. The Hall–Kier alpha value is -3.08. The molecule has 1 unspecified atom stereocenters. The third-order valence-corrected chi connectivity index (χ3v) is 8.57. The van der Waals surface area contributed by atoms with Crippen molar-refractivity contribution in [3.63, 3.8) is 0 Å². The Kier molecular flexibility index (Phi) is 6.34. The molecule has 1 N–H and O–H groups in total. The molecule has 1 saturated carbocycles. The lowest BCUT2D eigenvalue weighted by molar-refractivity contribution is 0.0988. The Morgan fingerprint density at radius 3 is 2.73 bits per heavy atom. The van der Waals surface area contributed by atoms with Crippen LogP contribution in [0.1, 0.15) is 80.9 Å². The number of carbonyl (C=O) groups excluding carboxylic acids is 1. The van der Waals surface area contributed by atoms with E-state index in [0.29, 0.717) is 24.1 Å². The summed E-state index contributed by atoms with van der Waals surface area (Å²) < 4.78 is 36.6. The van der Waals surface area contributed by atoms with E-state index in [1.807, 2.05) is 6.07 Å². The van der Waals surface area contributed by atoms with Gasteiger partial charge in [-0.3, -0.25) is 9.48 Å². The van der Waals surface area contributed by atoms with Crippen LogP contribution in [0.3, 0.4) is 0 Å². The molecule has 2 aliphatic heterocycles. The predicted octanol–water partition coefficient (Wildman–Crippen LogP) is 4.87. The minimum atomic E-state index is -2.80. The Morgan fingerprint density at radius 1 is 1.24 bits per heavy atom. The van der Waals surface area contributed by atoms with Crippen molar-refractivity contribution in [3.05, 3.63) is 35.9 Å². The summed E-state index contributed by atoms with van der Waals surface area (Å²) in [6, 6.07) is 2.21. The van der Waals surface area contributed by atoms with E-state index >= 15 is 0 Å². The standard InChI is InChI=1S/C26H33F2N7O2/c1-3-15(2)16-4-6-17(7-5-16)35-13-21(23(32-35)24(27)28)30-26(36)20-11-29-34-9-8-22(31-25(20)34)33-12-19-10-18(33)14-37-19/h8-9,11,13,15-19,24H,3-7,10,12,14H2,1-2H3,(H,30,36)/t15?,16-,17-,18-,19-/m0/s1. The number of hydrogen-bond acceptors (Lipinski definition) is 6. The molecule has 3 aromatic rings. The van der Waals surface area contributed by atoms with Crippen molar-refractivity contribution < 1.29 is 18.3 Å². The van der Waals surface area contributed by atoms with E-state index in [1.54, 1.807) is 17.1 Å². The number of carbonyl (C=O) groups is 1. The lowest BCUT2D eigenvalue weighted by atomic mass is 9.78. The molecule has 9 nitrogen and oxygen atoms in total. The second-order valence-corrected chi connectivity index (χ2v) is 10.7. The number of morpholine rings is 1. The summed E-state index contributed by atoms with van der Waals surface area (Å²) in [6.45, 7) is 5.92. The van der Waals surface area contributed by atoms with Gasteiger partial charge in [0.05, 0.1) is 36.7 Å². The fraction of sp³-hybridized carbons (Fsp3) is 0.615. The van der Waals surface area contributed by atoms with Gasteiger partial charge in [0.1, 0.15) is 11.4 Å². The lowest BCUT2D eigenvalue weighted by Crippen LogP contribution is -2.37. The van der Waals surface area contributed by atoms with E-state index in [4.69, 9.17) is 9.72 Å². The first kappa shape index (κ1) is 24.3. The van der Waals surface area contributed by atoms with E-state index in [9.17, 15) is 13.6 Å². The molecule has 3 fully saturated rings. The van der Waals surface area contributed by atoms with Gasteiger partial charge in [-0.15, -0.1) is 0 Å². The van der Waals surface area contributed by atoms with Crippen molar-refractivity contribution in [2.75, 3.05) is 23.4 Å². The SMILES string of the molecule is CCC(C)[C@H]1CC[C@H](n2cc(NC(=O)c3cnn4ccc(N5C[C@@H]6C[C@H]5CO6)nc34)c(C(F)F)n2)CC1. The molecule has 2 bridgehead atoms. The summed E-state index contributed by atoms with van der Waals surface area (Å²) >= 11 is 0. The highest BCUT2D eigenvalue weighted by atomic mass is 19.3. The Balaban J connectivity index is 1.21. The first-order chi connectivity index (χ1) is 17.9. The van der Waals surface area contributed by atoms with Crippen LogP contribution in [-0.2, 0) is 4.74 Å². The molecule has 5 heterocycles. The molecule has 1 amide bonds. The molecule has 0 radical (unpaired) electrons. The van der Waals surface area contributed by atoms with Gasteiger partial charge in [0.15, 0.2) is 11.3 Å². The number of aromatic nitrogens is 5. The number of rotatable bonds is 7. The molecule has 2 saturated heterocycles. The maximum atomic E-state index is 13.9. The largest absolute Gasteiger partial charge is 0.374 e. The number of ether oxygens (including phenoxy) is 1. The molecule has 11 heteroatoms. The number of fused-ring (bicyclic) bond motifs is 3. The maximum absolute atomic E-state index is 13.9. The highest BCUT2D eigenvalue weighted by Gasteiger charge is 2.39. The molecule has 198 valence electrons. The van der Waals surface area contributed by atoms with Crippen molar-refractivity contribution in [3.8, 4) is 0 Å². The van der Waals surface area contributed by atoms with Crippen LogP contribution in [0.15, 0.2) is 24.7 Å². The van der Waals surface area contributed by atoms with Gasteiger partial charge in [-0.1, -0.05) is 20.3 Å². The van der Waals surface area contributed by atoms with Crippen LogP contribution in [0.5, 0.6) is 0 Å². The molecule has 1 aliphatic carbocycles. The molecule has 3 aliphatic rings. The average Bonchev–Trinajstić information content (AvgIpc) is 3.71. The number of halogens is 2. The second-order valence-electron chi connectivity index (χ2n) is 10.7. The fourth-order valence-electron chi connectivity index (χ4n) is 6.17. The smallest absolute Gasteiger partial charge is 0.284 e. The van der Waals surface area contributed by atoms with Crippen LogP contribution < -0.4 is 10.2 Å². The zero-order valence-electron chi connectivity index (χ0n) is 21.2. The van der Waals surface area contributed by atoms with Crippen LogP contribution in [0, 0.1) is 11.8 Å². The Morgan fingerprint density at radius 2 is 2.05 bits per heavy atom. The van der Waals surface area contributed by atoms with Crippen LogP contribution in [0.4, 0.5) is 20.3 Å². The Labute approximate surface area is 214 Å². The van der Waals surface area contributed by atoms with Crippen LogP contribution >= 0.6 is 0 Å². The third-order valence-electron chi connectivity index (χ3n) is 8.57. The van der Waals surface area contributed by atoms with Gasteiger partial charge in [0.2, 0.25) is 0 Å². The highest BCUT2D eigenvalue weighted by Crippen LogP contribution is 2.38. The van der Waals surface area contributed by atoms with Crippen molar-refractivity contribution in [1.82, 2.24) is 24.4 Å². The quantitative estimate of drug-likeness (QED) is 0.485. The number of nitrogens with zero attached hydrogens (tertiary/aromatic N) is 6. The summed E-state index contributed by atoms with van der Waals surface area (Å²) in [5.41, 5.74) is 0.238. The molecular formula is C26H33F2N7O2. The Bertz CT molecular complexity index is 1280. The van der Waals surface area contributed by atoms with Crippen LogP contribution in [-0.4, -0.2) is 55.6 Å². The molecule has 3 aromatic heterocycles. The molecular weight excluding hydrogens is 480 g/mol. The van der Waals surface area contributed by atoms with Gasteiger partial charge in [-0.05, 0) is 50.0 Å². The lowest BCUT2D eigenvalue weighted by Gasteiger charge is -2.32. The number of anilines is 2. The predicted molar refractivity (Wildman–Crippen MR) is 134 cm³/mol. The summed E-state index contributed by atoms with van der Waals surface area (Å²) in [5.74, 6) is 1.56. The van der Waals surface area contributed by atoms with E-state index in [2.05, 4.69) is 34.3 Å². The molecule has 0 aromatic carbocycles. The number of alkyl halides is 2. The van der Waals surface area contributed by atoms with Gasteiger partial charge in [0, 0.05) is 18.9 Å². The van der Waals surface area contributed by atoms with Gasteiger partial charge in [-0.25, -0.2) is 18.3 Å². The van der Waals surface area contributed by atoms with Crippen LogP contribution in [0.25, 0.3) is 5.65 Å². The summed E-state index contributed by atoms with van der Waals surface area (Å²) in [5, 5.41) is 11.1. The van der Waals surface area contributed by atoms with Crippen LogP contribution in [0.2, 0.25) is 0 Å². The van der Waals surface area contributed by atoms with Crippen molar-refractivity contribution >= 4 is 23.1 Å². The monoisotopic (exact) mass is 513 g/mol. The molecule has 6 rings (SSSR count). The normalized spacial score (nSPS) is 26.4. The second kappa shape index (κ2) is 9.66. The molecule has 0 spiro atoms. The summed E-state index contributed by atoms with van der Waals surface area (Å²) in [6.07, 6.45) is 8.20. The van der Waals surface area contributed by atoms with E-state index < -0.39 is 18.0 Å². The first-order valence-corrected chi connectivity index (χ1v) is 13.3. The fourth-order valence-corrected chi connectivity index (χ4v) is 6.17. The minimum Gasteiger partial charge on any atom is -0.374 e. The molecule has 37 heavy (non-hydrogen) atoms. The summed E-state index contributed by atoms with van der Waals surface area (Å²) in [7, 11) is 0. The topological polar surface area (TPSA) is 89.6 Å². The van der Waals surface area contributed by atoms with Gasteiger partial charge >= 0.3 is 0 Å².